The molecule has 1 saturated heterocycles. The summed E-state index contributed by atoms with van der Waals surface area (Å²) in [5.74, 6) is 1.02. The summed E-state index contributed by atoms with van der Waals surface area (Å²) >= 11 is 0. The predicted molar refractivity (Wildman–Crippen MR) is 69.7 cm³/mol. The molecule has 4 heterocycles. The van der Waals surface area contributed by atoms with Gasteiger partial charge in [-0.2, -0.15) is 5.10 Å². The van der Waals surface area contributed by atoms with Crippen LogP contribution >= 0.6 is 0 Å². The van der Waals surface area contributed by atoms with Gasteiger partial charge in [-0.15, -0.1) is 5.10 Å². The molecule has 0 amide bonds. The highest BCUT2D eigenvalue weighted by molar-refractivity contribution is 5.28. The van der Waals surface area contributed by atoms with Gasteiger partial charge in [0.25, 0.3) is 0 Å². The molecular formula is C13H17N7. The fourth-order valence-corrected chi connectivity index (χ4v) is 3.82. The van der Waals surface area contributed by atoms with Crippen molar-refractivity contribution in [2.24, 2.45) is 0 Å². The summed E-state index contributed by atoms with van der Waals surface area (Å²) in [6.07, 6.45) is 8.00. The zero-order chi connectivity index (χ0) is 13.1. The quantitative estimate of drug-likeness (QED) is 0.901. The molecule has 0 aromatic carbocycles. The average Bonchev–Trinajstić information content (AvgIpc) is 2.90. The molecule has 104 valence electrons. The minimum atomic E-state index is 0.492. The average molecular weight is 271 g/mol. The lowest BCUT2D eigenvalue weighted by atomic mass is 10.0. The van der Waals surface area contributed by atoms with Gasteiger partial charge in [0.05, 0.1) is 18.8 Å². The Bertz CT molecular complexity index is 641. The number of fused-ring (bicyclic) bond motifs is 4. The van der Waals surface area contributed by atoms with Crippen molar-refractivity contribution in [3.8, 4) is 0 Å². The third-order valence-corrected chi connectivity index (χ3v) is 4.97. The zero-order valence-electron chi connectivity index (χ0n) is 11.2. The molecule has 20 heavy (non-hydrogen) atoms. The van der Waals surface area contributed by atoms with Crippen LogP contribution in [0.3, 0.4) is 0 Å². The van der Waals surface area contributed by atoms with Gasteiger partial charge in [0.2, 0.25) is 0 Å². The molecule has 2 fully saturated rings. The molecule has 0 spiro atoms. The van der Waals surface area contributed by atoms with Gasteiger partial charge < -0.3 is 0 Å². The highest BCUT2D eigenvalue weighted by Gasteiger charge is 2.41. The van der Waals surface area contributed by atoms with Crippen LogP contribution in [0.25, 0.3) is 0 Å². The van der Waals surface area contributed by atoms with Crippen LogP contribution in [0, 0.1) is 0 Å². The lowest BCUT2D eigenvalue weighted by Crippen LogP contribution is -2.37. The van der Waals surface area contributed by atoms with Gasteiger partial charge in [-0.3, -0.25) is 10.00 Å². The Balaban J connectivity index is 1.46. The third kappa shape index (κ3) is 1.49. The van der Waals surface area contributed by atoms with E-state index in [-0.39, 0.29) is 0 Å². The van der Waals surface area contributed by atoms with E-state index in [0.717, 1.165) is 18.8 Å². The zero-order valence-corrected chi connectivity index (χ0v) is 11.2. The molecule has 1 aliphatic carbocycles. The maximum atomic E-state index is 4.25. The molecule has 2 bridgehead atoms. The summed E-state index contributed by atoms with van der Waals surface area (Å²) in [6, 6.07) is 1.65. The van der Waals surface area contributed by atoms with E-state index in [1.54, 1.807) is 0 Å². The van der Waals surface area contributed by atoms with Crippen LogP contribution in [-0.4, -0.2) is 41.3 Å². The van der Waals surface area contributed by atoms with Crippen molar-refractivity contribution in [3.63, 3.8) is 0 Å². The number of hydrogen-bond donors (Lipinski definition) is 1. The Morgan fingerprint density at radius 1 is 1.20 bits per heavy atom. The predicted octanol–water partition coefficient (Wildman–Crippen LogP) is 0.993. The molecular weight excluding hydrogens is 254 g/mol. The Hall–Kier alpha value is -1.76. The van der Waals surface area contributed by atoms with E-state index in [9.17, 15) is 0 Å². The van der Waals surface area contributed by atoms with Crippen molar-refractivity contribution in [1.82, 2.24) is 35.3 Å². The van der Waals surface area contributed by atoms with Gasteiger partial charge in [0.1, 0.15) is 0 Å². The summed E-state index contributed by atoms with van der Waals surface area (Å²) in [5, 5.41) is 19.6. The first kappa shape index (κ1) is 11.0. The second kappa shape index (κ2) is 3.88. The highest BCUT2D eigenvalue weighted by Crippen LogP contribution is 2.44. The van der Waals surface area contributed by atoms with Crippen molar-refractivity contribution in [2.45, 2.75) is 56.8 Å². The van der Waals surface area contributed by atoms with E-state index in [1.807, 2.05) is 10.9 Å². The van der Waals surface area contributed by atoms with E-state index in [4.69, 9.17) is 0 Å². The first-order valence-electron chi connectivity index (χ1n) is 7.45. The number of aromatic nitrogens is 6. The van der Waals surface area contributed by atoms with E-state index in [2.05, 4.69) is 30.6 Å². The highest BCUT2D eigenvalue weighted by atomic mass is 15.6. The Morgan fingerprint density at radius 2 is 2.10 bits per heavy atom. The molecule has 5 rings (SSSR count). The largest absolute Gasteiger partial charge is 0.285 e. The molecule has 2 aromatic heterocycles. The molecule has 2 aromatic rings. The summed E-state index contributed by atoms with van der Waals surface area (Å²) in [4.78, 5) is 2.57. The van der Waals surface area contributed by atoms with Gasteiger partial charge >= 0.3 is 0 Å². The minimum absolute atomic E-state index is 0.492. The topological polar surface area (TPSA) is 75.5 Å². The fourth-order valence-electron chi connectivity index (χ4n) is 3.82. The number of nitrogens with zero attached hydrogens (tertiary/aromatic N) is 6. The SMILES string of the molecule is c1n[nH]c2c1C1CCC(C2)N1Cc1nnnn1C1CC1. The first-order chi connectivity index (χ1) is 9.90. The van der Waals surface area contributed by atoms with Crippen LogP contribution < -0.4 is 0 Å². The van der Waals surface area contributed by atoms with Crippen LogP contribution in [-0.2, 0) is 13.0 Å². The number of H-pyrrole nitrogens is 1. The van der Waals surface area contributed by atoms with E-state index in [1.165, 1.54) is 36.9 Å². The molecule has 1 saturated carbocycles. The summed E-state index contributed by atoms with van der Waals surface area (Å²) in [6.45, 7) is 0.865. The van der Waals surface area contributed by atoms with E-state index in [0.29, 0.717) is 18.1 Å². The lowest BCUT2D eigenvalue weighted by Gasteiger charge is -2.33. The number of tetrazole rings is 1. The molecule has 2 aliphatic heterocycles. The Labute approximate surface area is 116 Å². The van der Waals surface area contributed by atoms with Crippen LogP contribution in [0.5, 0.6) is 0 Å². The van der Waals surface area contributed by atoms with Gasteiger partial charge in [0, 0.05) is 29.8 Å². The summed E-state index contributed by atoms with van der Waals surface area (Å²) < 4.78 is 2.03. The standard InChI is InChI=1S/C13H17N7/c1-2-8(1)20-13(16-17-18-20)7-19-9-3-4-12(19)10-6-14-15-11(10)5-9/h6,8-9,12H,1-5,7H2,(H,14,15). The van der Waals surface area contributed by atoms with Crippen molar-refractivity contribution in [2.75, 3.05) is 0 Å². The number of hydrogen-bond acceptors (Lipinski definition) is 5. The smallest absolute Gasteiger partial charge is 0.165 e. The fraction of sp³-hybridized carbons (Fsp3) is 0.692. The molecule has 3 aliphatic rings. The summed E-state index contributed by atoms with van der Waals surface area (Å²) in [7, 11) is 0. The first-order valence-corrected chi connectivity index (χ1v) is 7.45. The van der Waals surface area contributed by atoms with Gasteiger partial charge in [-0.1, -0.05) is 0 Å². The van der Waals surface area contributed by atoms with Crippen LogP contribution in [0.2, 0.25) is 0 Å². The van der Waals surface area contributed by atoms with Gasteiger partial charge in [-0.25, -0.2) is 4.68 Å². The number of rotatable bonds is 3. The maximum Gasteiger partial charge on any atom is 0.165 e. The maximum absolute atomic E-state index is 4.25. The molecule has 1 N–H and O–H groups in total. The third-order valence-electron chi connectivity index (χ3n) is 4.97. The van der Waals surface area contributed by atoms with Crippen molar-refractivity contribution in [3.05, 3.63) is 23.3 Å². The Morgan fingerprint density at radius 3 is 3.00 bits per heavy atom. The normalized spacial score (nSPS) is 28.8. The molecule has 2 unspecified atom stereocenters. The van der Waals surface area contributed by atoms with Gasteiger partial charge in [0.15, 0.2) is 5.82 Å². The molecule has 7 nitrogen and oxygen atoms in total. The minimum Gasteiger partial charge on any atom is -0.285 e. The van der Waals surface area contributed by atoms with Crippen LogP contribution in [0.4, 0.5) is 0 Å². The van der Waals surface area contributed by atoms with Crippen molar-refractivity contribution in [1.29, 1.82) is 0 Å². The molecule has 2 atom stereocenters. The van der Waals surface area contributed by atoms with Crippen LogP contribution in [0.1, 0.15) is 54.8 Å². The second-order valence-corrected chi connectivity index (χ2v) is 6.20. The number of nitrogens with one attached hydrogen (secondary N) is 1. The van der Waals surface area contributed by atoms with Gasteiger partial charge in [-0.05, 0) is 36.1 Å². The Kier molecular flexibility index (Phi) is 2.13. The summed E-state index contributed by atoms with van der Waals surface area (Å²) in [5.41, 5.74) is 2.71. The van der Waals surface area contributed by atoms with E-state index >= 15 is 0 Å². The van der Waals surface area contributed by atoms with Crippen molar-refractivity contribution < 1.29 is 0 Å². The van der Waals surface area contributed by atoms with Crippen molar-refractivity contribution >= 4 is 0 Å². The lowest BCUT2D eigenvalue weighted by molar-refractivity contribution is 0.160. The molecule has 7 heteroatoms. The molecule has 0 radical (unpaired) electrons. The monoisotopic (exact) mass is 271 g/mol. The van der Waals surface area contributed by atoms with E-state index < -0.39 is 0 Å². The number of aromatic amines is 1. The second-order valence-electron chi connectivity index (χ2n) is 6.20. The van der Waals surface area contributed by atoms with Crippen LogP contribution in [0.15, 0.2) is 6.20 Å².